The molecule has 0 aliphatic heterocycles. The normalized spacial score (nSPS) is 10.0. The van der Waals surface area contributed by atoms with Crippen molar-refractivity contribution in [3.05, 3.63) is 23.3 Å². The Morgan fingerprint density at radius 2 is 2.00 bits per heavy atom. The third-order valence-electron chi connectivity index (χ3n) is 3.06. The molecule has 104 valence electrons. The molecule has 1 aromatic carbocycles. The molecule has 0 aromatic heterocycles. The summed E-state index contributed by atoms with van der Waals surface area (Å²) in [6.45, 7) is 3.83. The van der Waals surface area contributed by atoms with E-state index in [4.69, 9.17) is 14.7 Å². The van der Waals surface area contributed by atoms with Crippen molar-refractivity contribution in [1.82, 2.24) is 5.32 Å². The average Bonchev–Trinajstić information content (AvgIpc) is 2.43. The molecule has 4 heteroatoms. The molecule has 0 saturated heterocycles. The highest BCUT2D eigenvalue weighted by Gasteiger charge is 2.08. The quantitative estimate of drug-likeness (QED) is 0.731. The van der Waals surface area contributed by atoms with Gasteiger partial charge in [0.15, 0.2) is 0 Å². The summed E-state index contributed by atoms with van der Waals surface area (Å²) in [5, 5.41) is 11.8. The molecule has 4 nitrogen and oxygen atoms in total. The van der Waals surface area contributed by atoms with E-state index < -0.39 is 0 Å². The molecule has 0 radical (unpaired) electrons. The number of nitrogens with one attached hydrogen (secondary N) is 1. The Bertz CT molecular complexity index is 439. The van der Waals surface area contributed by atoms with Gasteiger partial charge in [-0.05, 0) is 50.0 Å². The zero-order chi connectivity index (χ0) is 14.1. The molecular weight excluding hydrogens is 240 g/mol. The number of methoxy groups -OCH3 is 2. The van der Waals surface area contributed by atoms with Crippen molar-refractivity contribution < 1.29 is 9.47 Å². The van der Waals surface area contributed by atoms with Crippen molar-refractivity contribution in [1.29, 1.82) is 5.26 Å². The molecule has 0 amide bonds. The lowest BCUT2D eigenvalue weighted by Crippen LogP contribution is -2.19. The molecule has 1 rings (SSSR count). The van der Waals surface area contributed by atoms with Crippen LogP contribution in [-0.4, -0.2) is 27.3 Å². The maximum atomic E-state index is 8.45. The molecule has 0 atom stereocenters. The summed E-state index contributed by atoms with van der Waals surface area (Å²) >= 11 is 0. The summed E-state index contributed by atoms with van der Waals surface area (Å²) in [5.74, 6) is 1.69. The van der Waals surface area contributed by atoms with Gasteiger partial charge >= 0.3 is 0 Å². The SMILES string of the molecule is COc1cc(C)c(CCNCCCC#N)c(OC)c1. The van der Waals surface area contributed by atoms with Crippen molar-refractivity contribution in [2.75, 3.05) is 27.3 Å². The van der Waals surface area contributed by atoms with Crippen LogP contribution in [0.25, 0.3) is 0 Å². The summed E-state index contributed by atoms with van der Waals surface area (Å²) in [7, 11) is 3.34. The Kier molecular flexibility index (Phi) is 6.76. The van der Waals surface area contributed by atoms with Crippen molar-refractivity contribution in [2.24, 2.45) is 0 Å². The maximum Gasteiger partial charge on any atom is 0.126 e. The van der Waals surface area contributed by atoms with Gasteiger partial charge in [0.1, 0.15) is 11.5 Å². The van der Waals surface area contributed by atoms with Gasteiger partial charge in [0.2, 0.25) is 0 Å². The van der Waals surface area contributed by atoms with Gasteiger partial charge in [0, 0.05) is 12.5 Å². The number of benzene rings is 1. The molecule has 0 unspecified atom stereocenters. The van der Waals surface area contributed by atoms with Gasteiger partial charge in [0.25, 0.3) is 0 Å². The zero-order valence-electron chi connectivity index (χ0n) is 12.0. The van der Waals surface area contributed by atoms with Crippen molar-refractivity contribution in [2.45, 2.75) is 26.2 Å². The number of hydrogen-bond acceptors (Lipinski definition) is 4. The molecule has 0 spiro atoms. The van der Waals surface area contributed by atoms with E-state index >= 15 is 0 Å². The Morgan fingerprint density at radius 1 is 1.21 bits per heavy atom. The standard InChI is InChI=1S/C15H22N2O2/c1-12-10-13(18-2)11-15(19-3)14(12)6-9-17-8-5-4-7-16/h10-11,17H,4-6,8-9H2,1-3H3. The maximum absolute atomic E-state index is 8.45. The summed E-state index contributed by atoms with van der Waals surface area (Å²) in [6.07, 6.45) is 2.42. The minimum Gasteiger partial charge on any atom is -0.497 e. The van der Waals surface area contributed by atoms with Crippen LogP contribution < -0.4 is 14.8 Å². The first-order valence-corrected chi connectivity index (χ1v) is 6.52. The smallest absolute Gasteiger partial charge is 0.126 e. The van der Waals surface area contributed by atoms with Crippen LogP contribution in [0.3, 0.4) is 0 Å². The van der Waals surface area contributed by atoms with E-state index in [-0.39, 0.29) is 0 Å². The monoisotopic (exact) mass is 262 g/mol. The first-order valence-electron chi connectivity index (χ1n) is 6.52. The van der Waals surface area contributed by atoms with Gasteiger partial charge in [0.05, 0.1) is 20.3 Å². The summed E-state index contributed by atoms with van der Waals surface area (Å²) in [4.78, 5) is 0. The fourth-order valence-electron chi connectivity index (χ4n) is 2.00. The van der Waals surface area contributed by atoms with Crippen molar-refractivity contribution >= 4 is 0 Å². The van der Waals surface area contributed by atoms with E-state index in [9.17, 15) is 0 Å². The van der Waals surface area contributed by atoms with Crippen LogP contribution in [0.15, 0.2) is 12.1 Å². The van der Waals surface area contributed by atoms with Gasteiger partial charge in [-0.15, -0.1) is 0 Å². The predicted molar refractivity (Wildman–Crippen MR) is 75.7 cm³/mol. The van der Waals surface area contributed by atoms with Crippen LogP contribution in [-0.2, 0) is 6.42 Å². The van der Waals surface area contributed by atoms with E-state index in [2.05, 4.69) is 18.3 Å². The second-order valence-electron chi connectivity index (χ2n) is 4.39. The number of rotatable bonds is 8. The Labute approximate surface area is 115 Å². The number of hydrogen-bond donors (Lipinski definition) is 1. The second-order valence-corrected chi connectivity index (χ2v) is 4.39. The molecular formula is C15H22N2O2. The first-order chi connectivity index (χ1) is 9.22. The third-order valence-corrected chi connectivity index (χ3v) is 3.06. The van der Waals surface area contributed by atoms with Gasteiger partial charge in [-0.2, -0.15) is 5.26 Å². The van der Waals surface area contributed by atoms with E-state index in [0.29, 0.717) is 6.42 Å². The van der Waals surface area contributed by atoms with Gasteiger partial charge in [-0.3, -0.25) is 0 Å². The number of ether oxygens (including phenoxy) is 2. The Morgan fingerprint density at radius 3 is 2.63 bits per heavy atom. The lowest BCUT2D eigenvalue weighted by atomic mass is 10.0. The van der Waals surface area contributed by atoms with Crippen LogP contribution in [0.5, 0.6) is 11.5 Å². The van der Waals surface area contributed by atoms with E-state index in [1.165, 1.54) is 11.1 Å². The molecule has 1 aromatic rings. The topological polar surface area (TPSA) is 54.3 Å². The van der Waals surface area contributed by atoms with Gasteiger partial charge < -0.3 is 14.8 Å². The Balaban J connectivity index is 2.55. The molecule has 1 N–H and O–H groups in total. The van der Waals surface area contributed by atoms with Crippen LogP contribution in [0.2, 0.25) is 0 Å². The molecule has 19 heavy (non-hydrogen) atoms. The minimum absolute atomic E-state index is 0.609. The van der Waals surface area contributed by atoms with Crippen LogP contribution in [0, 0.1) is 18.3 Å². The molecule has 0 aliphatic rings. The average molecular weight is 262 g/mol. The largest absolute Gasteiger partial charge is 0.497 e. The fraction of sp³-hybridized carbons (Fsp3) is 0.533. The van der Waals surface area contributed by atoms with Gasteiger partial charge in [-0.25, -0.2) is 0 Å². The molecule has 0 fully saturated rings. The van der Waals surface area contributed by atoms with E-state index in [1.807, 2.05) is 12.1 Å². The summed E-state index contributed by atoms with van der Waals surface area (Å²) < 4.78 is 10.6. The van der Waals surface area contributed by atoms with Crippen molar-refractivity contribution in [3.63, 3.8) is 0 Å². The van der Waals surface area contributed by atoms with Crippen molar-refractivity contribution in [3.8, 4) is 17.6 Å². The zero-order valence-corrected chi connectivity index (χ0v) is 12.0. The van der Waals surface area contributed by atoms with Crippen LogP contribution in [0.4, 0.5) is 0 Å². The summed E-state index contributed by atoms with van der Waals surface area (Å²) in [6, 6.07) is 6.08. The number of nitrogens with zero attached hydrogens (tertiary/aromatic N) is 1. The highest BCUT2D eigenvalue weighted by molar-refractivity contribution is 5.46. The number of unbranched alkanes of at least 4 members (excludes halogenated alkanes) is 1. The second kappa shape index (κ2) is 8.39. The highest BCUT2D eigenvalue weighted by atomic mass is 16.5. The molecule has 0 saturated carbocycles. The molecule has 0 aliphatic carbocycles. The van der Waals surface area contributed by atoms with Crippen LogP contribution in [0.1, 0.15) is 24.0 Å². The molecule has 0 bridgehead atoms. The number of nitriles is 1. The van der Waals surface area contributed by atoms with E-state index in [1.54, 1.807) is 14.2 Å². The summed E-state index contributed by atoms with van der Waals surface area (Å²) in [5.41, 5.74) is 2.38. The first kappa shape index (κ1) is 15.3. The lowest BCUT2D eigenvalue weighted by Gasteiger charge is -2.14. The van der Waals surface area contributed by atoms with Crippen LogP contribution >= 0.6 is 0 Å². The Hall–Kier alpha value is -1.73. The predicted octanol–water partition coefficient (Wildman–Crippen LogP) is 2.45. The minimum atomic E-state index is 0.609. The number of aryl methyl sites for hydroxylation is 1. The molecule has 0 heterocycles. The van der Waals surface area contributed by atoms with Gasteiger partial charge in [-0.1, -0.05) is 0 Å². The lowest BCUT2D eigenvalue weighted by molar-refractivity contribution is 0.390. The fourth-order valence-corrected chi connectivity index (χ4v) is 2.00. The highest BCUT2D eigenvalue weighted by Crippen LogP contribution is 2.28. The third kappa shape index (κ3) is 4.80. The van der Waals surface area contributed by atoms with E-state index in [0.717, 1.165) is 37.4 Å².